The third kappa shape index (κ3) is 4.53. The molecule has 148 valence electrons. The lowest BCUT2D eigenvalue weighted by Gasteiger charge is -2.29. The summed E-state index contributed by atoms with van der Waals surface area (Å²) in [5, 5.41) is 9.20. The number of benzene rings is 1. The number of carbonyl (C=O) groups excluding carboxylic acids is 1. The molecule has 1 aromatic carbocycles. The minimum Gasteiger partial charge on any atom is -0.489 e. The molecule has 0 bridgehead atoms. The molecule has 0 unspecified atom stereocenters. The Hall–Kier alpha value is -1.84. The smallest absolute Gasteiger partial charge is 0.254 e. The van der Waals surface area contributed by atoms with Gasteiger partial charge in [0.1, 0.15) is 23.5 Å². The van der Waals surface area contributed by atoms with Crippen molar-refractivity contribution >= 4 is 32.9 Å². The largest absolute Gasteiger partial charge is 0.489 e. The van der Waals surface area contributed by atoms with E-state index in [0.717, 1.165) is 6.20 Å². The van der Waals surface area contributed by atoms with Gasteiger partial charge < -0.3 is 4.74 Å². The lowest BCUT2D eigenvalue weighted by atomic mass is 9.76. The molecule has 0 saturated heterocycles. The van der Waals surface area contributed by atoms with Gasteiger partial charge in [-0.15, -0.1) is 0 Å². The molecule has 1 amide bonds. The van der Waals surface area contributed by atoms with E-state index < -0.39 is 23.0 Å². The van der Waals surface area contributed by atoms with E-state index in [2.05, 4.69) is 4.98 Å². The van der Waals surface area contributed by atoms with Gasteiger partial charge in [-0.25, -0.2) is 14.3 Å². The first-order valence-corrected chi connectivity index (χ1v) is 7.93. The maximum atomic E-state index is 14.0. The summed E-state index contributed by atoms with van der Waals surface area (Å²) in [6.45, 7) is 1.60. The molecule has 1 heterocycles. The van der Waals surface area contributed by atoms with Crippen molar-refractivity contribution in [3.05, 3.63) is 59.4 Å². The van der Waals surface area contributed by atoms with Crippen molar-refractivity contribution in [3.63, 3.8) is 0 Å². The van der Waals surface area contributed by atoms with Crippen LogP contribution in [0.25, 0.3) is 0 Å². The van der Waals surface area contributed by atoms with Crippen LogP contribution in [0.2, 0.25) is 0 Å². The van der Waals surface area contributed by atoms with Gasteiger partial charge in [0.25, 0.3) is 5.91 Å². The first-order chi connectivity index (χ1) is 12.0. The molecule has 1 saturated carbocycles. The summed E-state index contributed by atoms with van der Waals surface area (Å²) in [6, 6.07) is 5.76. The molecular weight excluding hydrogens is 394 g/mol. The van der Waals surface area contributed by atoms with Crippen LogP contribution < -0.4 is 10.2 Å². The first kappa shape index (κ1) is 23.2. The van der Waals surface area contributed by atoms with Gasteiger partial charge in [-0.1, -0.05) is 12.1 Å². The molecule has 1 aliphatic carbocycles. The molecule has 5 nitrogen and oxygen atoms in total. The monoisotopic (exact) mass is 416 g/mol. The summed E-state index contributed by atoms with van der Waals surface area (Å²) in [7, 11) is 0. The summed E-state index contributed by atoms with van der Waals surface area (Å²) in [4.78, 5) is 16.2. The number of rotatable bonds is 4. The third-order valence-corrected chi connectivity index (χ3v) is 4.77. The average molecular weight is 417 g/mol. The molecule has 0 radical (unpaired) electrons. The molecule has 0 aliphatic heterocycles. The fraction of sp³-hybridized carbons (Fsp3) is 0.333. The van der Waals surface area contributed by atoms with Crippen molar-refractivity contribution in [2.45, 2.75) is 37.7 Å². The van der Waals surface area contributed by atoms with E-state index in [-0.39, 0.29) is 45.3 Å². The molecule has 2 aromatic rings. The minimum absolute atomic E-state index is 0. The molecule has 27 heavy (non-hydrogen) atoms. The van der Waals surface area contributed by atoms with E-state index in [1.165, 1.54) is 24.4 Å². The molecule has 9 heteroatoms. The highest BCUT2D eigenvalue weighted by molar-refractivity contribution is 7.59. The van der Waals surface area contributed by atoms with Gasteiger partial charge in [-0.3, -0.25) is 15.0 Å². The maximum absolute atomic E-state index is 14.0. The second-order valence-electron chi connectivity index (χ2n) is 6.26. The van der Waals surface area contributed by atoms with Crippen LogP contribution in [0.3, 0.4) is 0 Å². The van der Waals surface area contributed by atoms with Crippen LogP contribution >= 0.6 is 27.0 Å². The topological polar surface area (TPSA) is 71.5 Å². The predicted molar refractivity (Wildman–Crippen MR) is 106 cm³/mol. The van der Waals surface area contributed by atoms with Crippen LogP contribution in [0.4, 0.5) is 8.78 Å². The van der Waals surface area contributed by atoms with Crippen LogP contribution in [-0.4, -0.2) is 22.2 Å². The number of hydroxylamine groups is 1. The zero-order chi connectivity index (χ0) is 18.0. The molecule has 2 atom stereocenters. The van der Waals surface area contributed by atoms with Gasteiger partial charge in [0.2, 0.25) is 0 Å². The Morgan fingerprint density at radius 2 is 2.07 bits per heavy atom. The van der Waals surface area contributed by atoms with Crippen molar-refractivity contribution in [2.75, 3.05) is 0 Å². The van der Waals surface area contributed by atoms with Crippen LogP contribution in [0.5, 0.6) is 5.75 Å². The maximum Gasteiger partial charge on any atom is 0.254 e. The van der Waals surface area contributed by atoms with Crippen molar-refractivity contribution in [3.8, 4) is 5.75 Å². The number of pyridine rings is 1. The molecule has 2 N–H and O–H groups in total. The van der Waals surface area contributed by atoms with Crippen molar-refractivity contribution in [1.29, 1.82) is 0 Å². The summed E-state index contributed by atoms with van der Waals surface area (Å²) in [5.74, 6) is -1.28. The minimum atomic E-state index is -1.10. The third-order valence-electron chi connectivity index (χ3n) is 4.77. The Labute approximate surface area is 170 Å². The van der Waals surface area contributed by atoms with E-state index in [1.807, 2.05) is 0 Å². The number of aromatic nitrogens is 1. The van der Waals surface area contributed by atoms with Crippen molar-refractivity contribution < 1.29 is 23.5 Å². The summed E-state index contributed by atoms with van der Waals surface area (Å²) in [5.41, 5.74) is 1.47. The predicted octanol–water partition coefficient (Wildman–Crippen LogP) is 3.27. The van der Waals surface area contributed by atoms with E-state index in [4.69, 9.17) is 4.74 Å². The zero-order valence-electron chi connectivity index (χ0n) is 14.6. The fourth-order valence-corrected chi connectivity index (χ4v) is 3.56. The number of hydrogen-bond donors (Lipinski definition) is 2. The Balaban J connectivity index is 0.00000182. The van der Waals surface area contributed by atoms with E-state index in [0.29, 0.717) is 24.0 Å². The van der Waals surface area contributed by atoms with Gasteiger partial charge in [0, 0.05) is 12.5 Å². The Morgan fingerprint density at radius 3 is 2.74 bits per heavy atom. The fourth-order valence-electron chi connectivity index (χ4n) is 3.56. The SMILES string of the molecule is Cc1c(F)cccc1[C@]1(C(=O)NO)CC[C@H](Oc2cncc(F)c2)C1.S.S. The quantitative estimate of drug-likeness (QED) is 0.593. The standard InChI is InChI=1S/C18H18F2N2O3.2H2S/c1-11-15(3-2-4-16(11)20)18(17(23)22-24)6-5-13(8-18)25-14-7-12(19)9-21-10-14;;/h2-4,7,9-10,13,24H,5-6,8H2,1H3,(H,22,23);2*1H2/t13-,18-;;/m0../s1. The number of nitrogens with one attached hydrogen (secondary N) is 1. The van der Waals surface area contributed by atoms with Crippen LogP contribution in [0, 0.1) is 18.6 Å². The van der Waals surface area contributed by atoms with Crippen molar-refractivity contribution in [2.24, 2.45) is 0 Å². The second-order valence-corrected chi connectivity index (χ2v) is 6.26. The van der Waals surface area contributed by atoms with Gasteiger partial charge >= 0.3 is 0 Å². The highest BCUT2D eigenvalue weighted by Gasteiger charge is 2.48. The Bertz CT molecular complexity index is 810. The van der Waals surface area contributed by atoms with Crippen LogP contribution in [0.15, 0.2) is 36.7 Å². The summed E-state index contributed by atoms with van der Waals surface area (Å²) in [6.07, 6.45) is 3.18. The number of ether oxygens (including phenoxy) is 1. The Morgan fingerprint density at radius 1 is 1.33 bits per heavy atom. The van der Waals surface area contributed by atoms with E-state index in [1.54, 1.807) is 18.5 Å². The summed E-state index contributed by atoms with van der Waals surface area (Å²) >= 11 is 0. The highest BCUT2D eigenvalue weighted by Crippen LogP contribution is 2.44. The number of halogens is 2. The lowest BCUT2D eigenvalue weighted by Crippen LogP contribution is -2.42. The molecule has 1 aromatic heterocycles. The van der Waals surface area contributed by atoms with Gasteiger partial charge in [-0.05, 0) is 37.0 Å². The molecular formula is C18H22F2N2O3S2. The number of nitrogens with zero attached hydrogens (tertiary/aromatic N) is 1. The normalized spacial score (nSPS) is 21.0. The van der Waals surface area contributed by atoms with Crippen LogP contribution in [-0.2, 0) is 10.2 Å². The lowest BCUT2D eigenvalue weighted by molar-refractivity contribution is -0.135. The molecule has 1 aliphatic rings. The van der Waals surface area contributed by atoms with Gasteiger partial charge in [0.05, 0.1) is 17.8 Å². The number of hydrogen-bond acceptors (Lipinski definition) is 4. The second kappa shape index (κ2) is 9.38. The molecule has 3 rings (SSSR count). The average Bonchev–Trinajstić information content (AvgIpc) is 3.01. The molecule has 0 spiro atoms. The number of amides is 1. The number of carbonyl (C=O) groups is 1. The van der Waals surface area contributed by atoms with Crippen molar-refractivity contribution in [1.82, 2.24) is 10.5 Å². The zero-order valence-corrected chi connectivity index (χ0v) is 16.6. The van der Waals surface area contributed by atoms with Gasteiger partial charge in [-0.2, -0.15) is 27.0 Å². The Kier molecular flexibility index (Phi) is 8.06. The van der Waals surface area contributed by atoms with Gasteiger partial charge in [0.15, 0.2) is 0 Å². The van der Waals surface area contributed by atoms with E-state index in [9.17, 15) is 18.8 Å². The van der Waals surface area contributed by atoms with Crippen LogP contribution in [0.1, 0.15) is 30.4 Å². The highest BCUT2D eigenvalue weighted by atomic mass is 32.1. The molecule has 1 fully saturated rings. The first-order valence-electron chi connectivity index (χ1n) is 7.93. The summed E-state index contributed by atoms with van der Waals surface area (Å²) < 4.78 is 33.0. The van der Waals surface area contributed by atoms with E-state index >= 15 is 0 Å².